The summed E-state index contributed by atoms with van der Waals surface area (Å²) in [5.74, 6) is 0.906. The fourth-order valence-electron chi connectivity index (χ4n) is 3.96. The molecular formula is C18H31N5O. The smallest absolute Gasteiger partial charge is 0.317 e. The monoisotopic (exact) mass is 333 g/mol. The summed E-state index contributed by atoms with van der Waals surface area (Å²) >= 11 is 0. The molecule has 1 aromatic heterocycles. The van der Waals surface area contributed by atoms with Crippen molar-refractivity contribution in [3.8, 4) is 0 Å². The van der Waals surface area contributed by atoms with E-state index in [0.29, 0.717) is 0 Å². The van der Waals surface area contributed by atoms with Crippen LogP contribution in [0.15, 0.2) is 18.5 Å². The third kappa shape index (κ3) is 4.50. The minimum absolute atomic E-state index is 0.0908. The molecule has 2 saturated heterocycles. The number of hydrogen-bond acceptors (Lipinski definition) is 3. The van der Waals surface area contributed by atoms with Crippen molar-refractivity contribution in [2.75, 3.05) is 32.7 Å². The van der Waals surface area contributed by atoms with Gasteiger partial charge in [0.2, 0.25) is 0 Å². The van der Waals surface area contributed by atoms with Crippen LogP contribution < -0.4 is 5.32 Å². The van der Waals surface area contributed by atoms with Gasteiger partial charge in [-0.3, -0.25) is 4.68 Å². The maximum absolute atomic E-state index is 12.5. The Hall–Kier alpha value is -1.56. The Kier molecular flexibility index (Phi) is 6.12. The maximum atomic E-state index is 12.5. The van der Waals surface area contributed by atoms with Crippen LogP contribution in [0.1, 0.15) is 39.0 Å². The predicted octanol–water partition coefficient (Wildman–Crippen LogP) is 2.18. The number of nitrogens with one attached hydrogen (secondary N) is 1. The number of aromatic nitrogens is 2. The van der Waals surface area contributed by atoms with E-state index in [9.17, 15) is 4.79 Å². The van der Waals surface area contributed by atoms with Gasteiger partial charge < -0.3 is 15.1 Å². The summed E-state index contributed by atoms with van der Waals surface area (Å²) in [6.45, 7) is 8.03. The van der Waals surface area contributed by atoms with Crippen molar-refractivity contribution in [3.63, 3.8) is 0 Å². The van der Waals surface area contributed by atoms with E-state index in [4.69, 9.17) is 0 Å². The number of piperidine rings is 1. The lowest BCUT2D eigenvalue weighted by Gasteiger charge is -2.32. The molecule has 0 aliphatic carbocycles. The summed E-state index contributed by atoms with van der Waals surface area (Å²) in [6.07, 6.45) is 9.83. The van der Waals surface area contributed by atoms with Gasteiger partial charge in [-0.25, -0.2) is 4.79 Å². The van der Waals surface area contributed by atoms with E-state index in [1.807, 2.05) is 21.8 Å². The van der Waals surface area contributed by atoms with Crippen LogP contribution in [0.2, 0.25) is 0 Å². The number of urea groups is 1. The van der Waals surface area contributed by atoms with E-state index in [1.54, 1.807) is 6.20 Å². The van der Waals surface area contributed by atoms with E-state index in [0.717, 1.165) is 44.9 Å². The highest BCUT2D eigenvalue weighted by Crippen LogP contribution is 2.20. The van der Waals surface area contributed by atoms with Crippen molar-refractivity contribution < 1.29 is 4.79 Å². The topological polar surface area (TPSA) is 53.4 Å². The lowest BCUT2D eigenvalue weighted by molar-refractivity contribution is 0.170. The molecule has 2 aliphatic rings. The van der Waals surface area contributed by atoms with Crippen LogP contribution >= 0.6 is 0 Å². The molecular weight excluding hydrogens is 302 g/mol. The third-order valence-electron chi connectivity index (χ3n) is 5.58. The highest BCUT2D eigenvalue weighted by Gasteiger charge is 2.29. The zero-order valence-corrected chi connectivity index (χ0v) is 14.9. The van der Waals surface area contributed by atoms with Crippen LogP contribution in [0, 0.1) is 5.92 Å². The number of hydrogen-bond donors (Lipinski definition) is 1. The number of rotatable bonds is 6. The molecule has 3 heterocycles. The molecule has 2 amide bonds. The fraction of sp³-hybridized carbons (Fsp3) is 0.778. The molecule has 1 unspecified atom stereocenters. The zero-order chi connectivity index (χ0) is 16.8. The molecule has 0 spiro atoms. The maximum Gasteiger partial charge on any atom is 0.317 e. The van der Waals surface area contributed by atoms with Crippen molar-refractivity contribution in [2.24, 2.45) is 5.92 Å². The summed E-state index contributed by atoms with van der Waals surface area (Å²) in [5.41, 5.74) is 0. The van der Waals surface area contributed by atoms with Crippen LogP contribution in [0.25, 0.3) is 0 Å². The van der Waals surface area contributed by atoms with Gasteiger partial charge in [0.1, 0.15) is 0 Å². The van der Waals surface area contributed by atoms with E-state index in [2.05, 4.69) is 22.2 Å². The molecule has 6 heteroatoms. The predicted molar refractivity (Wildman–Crippen MR) is 94.8 cm³/mol. The van der Waals surface area contributed by atoms with Crippen LogP contribution in [0.3, 0.4) is 0 Å². The fourth-order valence-corrected chi connectivity index (χ4v) is 3.96. The number of amides is 2. The minimum Gasteiger partial charge on any atom is -0.337 e. The molecule has 3 rings (SSSR count). The van der Waals surface area contributed by atoms with Crippen molar-refractivity contribution in [2.45, 2.75) is 51.6 Å². The summed E-state index contributed by atoms with van der Waals surface area (Å²) in [4.78, 5) is 17.0. The second-order valence-electron chi connectivity index (χ2n) is 7.14. The van der Waals surface area contributed by atoms with Gasteiger partial charge in [0.05, 0.1) is 12.6 Å². The van der Waals surface area contributed by atoms with Crippen LogP contribution in [0.4, 0.5) is 4.79 Å². The van der Waals surface area contributed by atoms with Crippen LogP contribution in [-0.2, 0) is 6.54 Å². The Labute approximate surface area is 145 Å². The zero-order valence-electron chi connectivity index (χ0n) is 14.9. The lowest BCUT2D eigenvalue weighted by Crippen LogP contribution is -2.47. The molecule has 1 N–H and O–H groups in total. The Morgan fingerprint density at radius 1 is 1.25 bits per heavy atom. The van der Waals surface area contributed by atoms with Crippen molar-refractivity contribution >= 4 is 6.03 Å². The summed E-state index contributed by atoms with van der Waals surface area (Å²) < 4.78 is 1.92. The minimum atomic E-state index is 0.0908. The molecule has 134 valence electrons. The molecule has 1 atom stereocenters. The Balaban J connectivity index is 1.38. The molecule has 2 fully saturated rings. The van der Waals surface area contributed by atoms with Gasteiger partial charge in [-0.15, -0.1) is 0 Å². The highest BCUT2D eigenvalue weighted by atomic mass is 16.2. The van der Waals surface area contributed by atoms with Crippen LogP contribution in [0.5, 0.6) is 0 Å². The number of likely N-dealkylation sites (tertiary alicyclic amines) is 2. The first-order valence-electron chi connectivity index (χ1n) is 9.50. The van der Waals surface area contributed by atoms with Gasteiger partial charge in [0.25, 0.3) is 0 Å². The average Bonchev–Trinajstić information content (AvgIpc) is 3.28. The third-order valence-corrected chi connectivity index (χ3v) is 5.58. The van der Waals surface area contributed by atoms with E-state index >= 15 is 0 Å². The summed E-state index contributed by atoms with van der Waals surface area (Å²) in [7, 11) is 0. The van der Waals surface area contributed by atoms with Gasteiger partial charge in [0, 0.05) is 32.0 Å². The molecule has 6 nitrogen and oxygen atoms in total. The summed E-state index contributed by atoms with van der Waals surface area (Å²) in [6, 6.07) is 2.29. The van der Waals surface area contributed by atoms with Crippen molar-refractivity contribution in [1.29, 1.82) is 0 Å². The van der Waals surface area contributed by atoms with E-state index in [1.165, 1.54) is 32.4 Å². The molecule has 0 bridgehead atoms. The first-order valence-corrected chi connectivity index (χ1v) is 9.50. The first kappa shape index (κ1) is 17.3. The second kappa shape index (κ2) is 8.51. The van der Waals surface area contributed by atoms with E-state index in [-0.39, 0.29) is 12.1 Å². The first-order chi connectivity index (χ1) is 11.8. The molecule has 0 aromatic carbocycles. The Bertz CT molecular complexity index is 496. The van der Waals surface area contributed by atoms with E-state index < -0.39 is 0 Å². The molecule has 0 radical (unpaired) electrons. The SMILES string of the molecule is CCC1CCN(CCNC(=O)N2CCCC2Cn2cccn2)CC1. The Morgan fingerprint density at radius 2 is 2.08 bits per heavy atom. The van der Waals surface area contributed by atoms with Gasteiger partial charge in [0.15, 0.2) is 0 Å². The van der Waals surface area contributed by atoms with Gasteiger partial charge in [-0.05, 0) is 50.8 Å². The van der Waals surface area contributed by atoms with Crippen molar-refractivity contribution in [3.05, 3.63) is 18.5 Å². The molecule has 1 aromatic rings. The van der Waals surface area contributed by atoms with Gasteiger partial charge in [-0.2, -0.15) is 5.10 Å². The second-order valence-corrected chi connectivity index (χ2v) is 7.14. The Morgan fingerprint density at radius 3 is 2.79 bits per heavy atom. The van der Waals surface area contributed by atoms with Crippen LogP contribution in [-0.4, -0.2) is 64.4 Å². The van der Waals surface area contributed by atoms with Crippen molar-refractivity contribution in [1.82, 2.24) is 24.9 Å². The quantitative estimate of drug-likeness (QED) is 0.868. The standard InChI is InChI=1S/C18H31N5O/c1-2-16-6-12-21(13-7-16)14-9-19-18(24)23-11-3-5-17(23)15-22-10-4-8-20-22/h4,8,10,16-17H,2-3,5-7,9,11-15H2,1H3,(H,19,24). The highest BCUT2D eigenvalue weighted by molar-refractivity contribution is 5.74. The molecule has 2 aliphatic heterocycles. The largest absolute Gasteiger partial charge is 0.337 e. The van der Waals surface area contributed by atoms with Gasteiger partial charge >= 0.3 is 6.03 Å². The molecule has 0 saturated carbocycles. The normalized spacial score (nSPS) is 22.9. The number of nitrogens with zero attached hydrogens (tertiary/aromatic N) is 4. The average molecular weight is 333 g/mol. The molecule has 24 heavy (non-hydrogen) atoms. The number of carbonyl (C=O) groups excluding carboxylic acids is 1. The van der Waals surface area contributed by atoms with Gasteiger partial charge in [-0.1, -0.05) is 13.3 Å². The number of carbonyl (C=O) groups is 1. The lowest BCUT2D eigenvalue weighted by atomic mass is 9.94. The summed E-state index contributed by atoms with van der Waals surface area (Å²) in [5, 5.41) is 7.38.